The predicted octanol–water partition coefficient (Wildman–Crippen LogP) is 6.54. The van der Waals surface area contributed by atoms with Gasteiger partial charge >= 0.3 is 0 Å². The zero-order valence-corrected chi connectivity index (χ0v) is 25.9. The highest BCUT2D eigenvalue weighted by molar-refractivity contribution is 6.31. The highest BCUT2D eigenvalue weighted by Gasteiger charge is 2.45. The first-order valence-corrected chi connectivity index (χ1v) is 15.7. The number of amides is 2. The highest BCUT2D eigenvalue weighted by Crippen LogP contribution is 2.49. The van der Waals surface area contributed by atoms with E-state index in [1.54, 1.807) is 17.0 Å². The molecule has 1 aliphatic heterocycles. The van der Waals surface area contributed by atoms with Gasteiger partial charge in [0.25, 0.3) is 0 Å². The number of carbonyl (C=O) groups excluding carboxylic acids is 3. The number of Topliss-reactive ketones (excluding diaryl/α,β-unsaturated/α-hetero) is 1. The number of aliphatic hydroxyl groups excluding tert-OH is 1. The Balaban J connectivity index is 1.41. The minimum Gasteiger partial charge on any atom is -0.510 e. The Morgan fingerprint density at radius 1 is 1.11 bits per heavy atom. The number of ether oxygens (including phenoxy) is 1. The van der Waals surface area contributed by atoms with Crippen LogP contribution in [0.3, 0.4) is 0 Å². The summed E-state index contributed by atoms with van der Waals surface area (Å²) in [7, 11) is 0. The van der Waals surface area contributed by atoms with Crippen molar-refractivity contribution in [1.29, 1.82) is 0 Å². The Morgan fingerprint density at radius 2 is 1.89 bits per heavy atom. The fourth-order valence-corrected chi connectivity index (χ4v) is 6.53. The van der Waals surface area contributed by atoms with Crippen LogP contribution in [-0.4, -0.2) is 33.6 Å². The molecule has 2 aromatic rings. The van der Waals surface area contributed by atoms with Crippen molar-refractivity contribution < 1.29 is 24.2 Å². The standard InChI is InChI=1S/C35H38ClN3O5/c1-35(2)18-26-32(29(41)19-35)34(24-14-13-23(17-25(24)36)44-20-21-7-4-3-5-8-21)39(27-9-6-10-28(40)33(27)38-26)31(43)16-15-30(42)37-22-11-12-22/h3-5,7-9,13-14,17,22,34,38,40H,6,10-12,15-16,18-20H2,1-2H3,(H,37,42). The molecule has 1 saturated carbocycles. The number of rotatable bonds is 8. The predicted molar refractivity (Wildman–Crippen MR) is 167 cm³/mol. The van der Waals surface area contributed by atoms with E-state index in [1.807, 2.05) is 56.3 Å². The van der Waals surface area contributed by atoms with Crippen molar-refractivity contribution in [1.82, 2.24) is 15.5 Å². The number of halogens is 1. The average Bonchev–Trinajstić information content (AvgIpc) is 3.81. The molecule has 8 nitrogen and oxygen atoms in total. The third-order valence-electron chi connectivity index (χ3n) is 8.54. The Bertz CT molecular complexity index is 1590. The monoisotopic (exact) mass is 615 g/mol. The molecule has 230 valence electrons. The van der Waals surface area contributed by atoms with Gasteiger partial charge < -0.3 is 20.5 Å². The minimum atomic E-state index is -0.856. The summed E-state index contributed by atoms with van der Waals surface area (Å²) in [5.74, 6) is 0.107. The Kier molecular flexibility index (Phi) is 8.29. The van der Waals surface area contributed by atoms with E-state index in [0.717, 1.165) is 18.4 Å². The number of nitrogens with zero attached hydrogens (tertiary/aromatic N) is 1. The molecule has 0 saturated heterocycles. The quantitative estimate of drug-likeness (QED) is 0.311. The molecule has 6 rings (SSSR count). The normalized spacial score (nSPS) is 21.1. The maximum absolute atomic E-state index is 14.2. The van der Waals surface area contributed by atoms with E-state index in [1.165, 1.54) is 0 Å². The van der Waals surface area contributed by atoms with Gasteiger partial charge in [-0.2, -0.15) is 0 Å². The number of carbonyl (C=O) groups is 3. The molecule has 44 heavy (non-hydrogen) atoms. The van der Waals surface area contributed by atoms with Crippen LogP contribution in [0.25, 0.3) is 0 Å². The van der Waals surface area contributed by atoms with Crippen LogP contribution in [0.15, 0.2) is 83.0 Å². The van der Waals surface area contributed by atoms with Crippen LogP contribution in [0.1, 0.15) is 82.4 Å². The molecule has 3 N–H and O–H groups in total. The summed E-state index contributed by atoms with van der Waals surface area (Å²) in [6.45, 7) is 4.44. The van der Waals surface area contributed by atoms with Crippen molar-refractivity contribution in [2.45, 2.75) is 83.9 Å². The number of aliphatic hydroxyl groups is 1. The van der Waals surface area contributed by atoms with Crippen molar-refractivity contribution >= 4 is 29.2 Å². The molecule has 2 amide bonds. The van der Waals surface area contributed by atoms with E-state index in [-0.39, 0.29) is 47.7 Å². The summed E-state index contributed by atoms with van der Waals surface area (Å²) >= 11 is 6.98. The molecular formula is C35H38ClN3O5. The van der Waals surface area contributed by atoms with Gasteiger partial charge in [0.2, 0.25) is 11.8 Å². The molecule has 0 bridgehead atoms. The third-order valence-corrected chi connectivity index (χ3v) is 8.87. The van der Waals surface area contributed by atoms with Crippen molar-refractivity contribution in [2.75, 3.05) is 0 Å². The van der Waals surface area contributed by atoms with Crippen molar-refractivity contribution in [3.8, 4) is 5.75 Å². The van der Waals surface area contributed by atoms with Crippen molar-refractivity contribution in [3.63, 3.8) is 0 Å². The van der Waals surface area contributed by atoms with Gasteiger partial charge in [-0.3, -0.25) is 19.3 Å². The second kappa shape index (κ2) is 12.2. The van der Waals surface area contributed by atoms with E-state index in [0.29, 0.717) is 71.3 Å². The van der Waals surface area contributed by atoms with Gasteiger partial charge in [0.15, 0.2) is 5.78 Å². The highest BCUT2D eigenvalue weighted by atomic mass is 35.5. The molecular weight excluding hydrogens is 578 g/mol. The molecule has 9 heteroatoms. The first-order chi connectivity index (χ1) is 21.1. The zero-order chi connectivity index (χ0) is 31.0. The van der Waals surface area contributed by atoms with Crippen LogP contribution in [0.2, 0.25) is 5.02 Å². The average molecular weight is 616 g/mol. The first-order valence-electron chi connectivity index (χ1n) is 15.3. The van der Waals surface area contributed by atoms with Gasteiger partial charge in [-0.25, -0.2) is 0 Å². The summed E-state index contributed by atoms with van der Waals surface area (Å²) in [5, 5.41) is 17.7. The van der Waals surface area contributed by atoms with Crippen LogP contribution >= 0.6 is 11.6 Å². The number of nitrogens with one attached hydrogen (secondary N) is 2. The SMILES string of the molecule is CC1(C)CC(=O)C2=C(C1)NC1=C(O)CCC=C1N(C(=O)CCC(=O)NC1CC1)C2c1ccc(OCc2ccccc2)cc1Cl. The van der Waals surface area contributed by atoms with E-state index >= 15 is 0 Å². The Hall–Kier alpha value is -4.04. The summed E-state index contributed by atoms with van der Waals surface area (Å²) < 4.78 is 6.02. The van der Waals surface area contributed by atoms with Gasteiger partial charge in [0, 0.05) is 48.0 Å². The molecule has 0 radical (unpaired) electrons. The molecule has 0 aromatic heterocycles. The summed E-state index contributed by atoms with van der Waals surface area (Å²) in [5.41, 5.74) is 3.31. The molecule has 3 aliphatic carbocycles. The number of allylic oxidation sites excluding steroid dienone is 3. The van der Waals surface area contributed by atoms with E-state index in [4.69, 9.17) is 16.3 Å². The lowest BCUT2D eigenvalue weighted by Crippen LogP contribution is -2.39. The summed E-state index contributed by atoms with van der Waals surface area (Å²) in [6.07, 6.45) is 5.59. The lowest BCUT2D eigenvalue weighted by Gasteiger charge is -2.37. The number of hydrogen-bond acceptors (Lipinski definition) is 6. The fraction of sp³-hybridized carbons (Fsp3) is 0.400. The molecule has 4 aliphatic rings. The number of benzene rings is 2. The van der Waals surface area contributed by atoms with Crippen molar-refractivity contribution in [2.24, 2.45) is 5.41 Å². The Morgan fingerprint density at radius 3 is 2.61 bits per heavy atom. The van der Waals surface area contributed by atoms with E-state index in [2.05, 4.69) is 10.6 Å². The second-order valence-corrected chi connectivity index (χ2v) is 13.3. The lowest BCUT2D eigenvalue weighted by molar-refractivity contribution is -0.133. The van der Waals surface area contributed by atoms with Crippen molar-refractivity contribution in [3.05, 3.63) is 99.2 Å². The van der Waals surface area contributed by atoms with Gasteiger partial charge in [-0.1, -0.05) is 67.9 Å². The van der Waals surface area contributed by atoms with E-state index in [9.17, 15) is 19.5 Å². The fourth-order valence-electron chi connectivity index (χ4n) is 6.26. The van der Waals surface area contributed by atoms with Gasteiger partial charge in [-0.15, -0.1) is 0 Å². The van der Waals surface area contributed by atoms with Gasteiger partial charge in [0.05, 0.1) is 11.7 Å². The zero-order valence-electron chi connectivity index (χ0n) is 25.1. The minimum absolute atomic E-state index is 0.0250. The molecule has 0 spiro atoms. The molecule has 1 fully saturated rings. The summed E-state index contributed by atoms with van der Waals surface area (Å²) in [4.78, 5) is 42.4. The Labute approximate surface area is 262 Å². The number of ketones is 1. The largest absolute Gasteiger partial charge is 0.510 e. The van der Waals surface area contributed by atoms with Crippen LogP contribution in [0, 0.1) is 5.41 Å². The number of hydrogen-bond donors (Lipinski definition) is 3. The molecule has 1 atom stereocenters. The smallest absolute Gasteiger partial charge is 0.228 e. The van der Waals surface area contributed by atoms with Crippen LogP contribution in [0.4, 0.5) is 0 Å². The maximum atomic E-state index is 14.2. The van der Waals surface area contributed by atoms with E-state index < -0.39 is 6.04 Å². The first kappa shape index (κ1) is 30.0. The maximum Gasteiger partial charge on any atom is 0.228 e. The molecule has 2 aromatic carbocycles. The number of fused-ring (bicyclic) bond motifs is 1. The molecule has 1 unspecified atom stereocenters. The second-order valence-electron chi connectivity index (χ2n) is 12.9. The lowest BCUT2D eigenvalue weighted by atomic mass is 9.73. The topological polar surface area (TPSA) is 108 Å². The van der Waals surface area contributed by atoms with Crippen LogP contribution < -0.4 is 15.4 Å². The molecule has 1 heterocycles. The summed E-state index contributed by atoms with van der Waals surface area (Å²) in [6, 6.07) is 14.5. The van der Waals surface area contributed by atoms with Crippen LogP contribution in [0.5, 0.6) is 5.75 Å². The van der Waals surface area contributed by atoms with Gasteiger partial charge in [0.1, 0.15) is 23.8 Å². The third kappa shape index (κ3) is 6.41. The van der Waals surface area contributed by atoms with Crippen LogP contribution in [-0.2, 0) is 21.0 Å². The van der Waals surface area contributed by atoms with Gasteiger partial charge in [-0.05, 0) is 54.4 Å².